The zero-order chi connectivity index (χ0) is 22.1. The third-order valence-electron chi connectivity index (χ3n) is 5.07. The smallest absolute Gasteiger partial charge is 0.322 e. The van der Waals surface area contributed by atoms with Gasteiger partial charge in [-0.05, 0) is 43.2 Å². The van der Waals surface area contributed by atoms with E-state index in [2.05, 4.69) is 10.2 Å². The number of carbonyl (C=O) groups is 1. The van der Waals surface area contributed by atoms with E-state index in [0.29, 0.717) is 19.7 Å². The molecule has 0 saturated carbocycles. The maximum Gasteiger partial charge on any atom is 0.322 e. The molecule has 168 valence electrons. The van der Waals surface area contributed by atoms with Crippen LogP contribution in [0.5, 0.6) is 5.75 Å². The predicted octanol–water partition coefficient (Wildman–Crippen LogP) is 4.12. The Morgan fingerprint density at radius 3 is 2.58 bits per heavy atom. The van der Waals surface area contributed by atoms with Crippen LogP contribution in [0.2, 0.25) is 0 Å². The van der Waals surface area contributed by atoms with Gasteiger partial charge in [-0.3, -0.25) is 4.90 Å². The lowest BCUT2D eigenvalue weighted by atomic mass is 10.2. The maximum absolute atomic E-state index is 14.0. The van der Waals surface area contributed by atoms with Crippen LogP contribution < -0.4 is 10.1 Å². The highest BCUT2D eigenvalue weighted by molar-refractivity contribution is 5.89. The highest BCUT2D eigenvalue weighted by Crippen LogP contribution is 2.18. The van der Waals surface area contributed by atoms with Crippen molar-refractivity contribution in [2.75, 3.05) is 51.3 Å². The molecule has 8 heteroatoms. The SMILES string of the molecule is CCOc1ccc(CN(CCCN2CCOCC2)C(=O)Nc2ccc(F)cc2F)cc1. The van der Waals surface area contributed by atoms with E-state index >= 15 is 0 Å². The summed E-state index contributed by atoms with van der Waals surface area (Å²) in [5.41, 5.74) is 0.890. The van der Waals surface area contributed by atoms with Crippen molar-refractivity contribution >= 4 is 11.7 Å². The first-order valence-electron chi connectivity index (χ1n) is 10.6. The average molecular weight is 433 g/mol. The number of morpholine rings is 1. The molecule has 1 saturated heterocycles. The van der Waals surface area contributed by atoms with Crippen LogP contribution >= 0.6 is 0 Å². The lowest BCUT2D eigenvalue weighted by molar-refractivity contribution is 0.0365. The predicted molar refractivity (Wildman–Crippen MR) is 115 cm³/mol. The average Bonchev–Trinajstić information content (AvgIpc) is 2.77. The van der Waals surface area contributed by atoms with E-state index in [-0.39, 0.29) is 5.69 Å². The monoisotopic (exact) mass is 433 g/mol. The zero-order valence-electron chi connectivity index (χ0n) is 17.8. The van der Waals surface area contributed by atoms with Gasteiger partial charge in [0.2, 0.25) is 0 Å². The summed E-state index contributed by atoms with van der Waals surface area (Å²) in [4.78, 5) is 16.8. The number of carbonyl (C=O) groups excluding carboxylic acids is 1. The van der Waals surface area contributed by atoms with Crippen LogP contribution in [0.1, 0.15) is 18.9 Å². The normalized spacial score (nSPS) is 14.3. The van der Waals surface area contributed by atoms with E-state index in [0.717, 1.165) is 62.7 Å². The number of hydrogen-bond donors (Lipinski definition) is 1. The van der Waals surface area contributed by atoms with E-state index in [9.17, 15) is 13.6 Å². The van der Waals surface area contributed by atoms with Crippen molar-refractivity contribution in [2.45, 2.75) is 19.9 Å². The summed E-state index contributed by atoms with van der Waals surface area (Å²) in [5, 5.41) is 2.56. The number of rotatable bonds is 9. The lowest BCUT2D eigenvalue weighted by Gasteiger charge is -2.28. The summed E-state index contributed by atoms with van der Waals surface area (Å²) < 4.78 is 38.0. The molecule has 2 amide bonds. The van der Waals surface area contributed by atoms with Crippen LogP contribution in [0.3, 0.4) is 0 Å². The van der Waals surface area contributed by atoms with Gasteiger partial charge >= 0.3 is 6.03 Å². The zero-order valence-corrected chi connectivity index (χ0v) is 17.8. The van der Waals surface area contributed by atoms with E-state index in [1.54, 1.807) is 4.90 Å². The number of halogens is 2. The summed E-state index contributed by atoms with van der Waals surface area (Å²) in [7, 11) is 0. The topological polar surface area (TPSA) is 54.0 Å². The molecule has 3 rings (SSSR count). The van der Waals surface area contributed by atoms with Gasteiger partial charge in [-0.25, -0.2) is 13.6 Å². The number of hydrogen-bond acceptors (Lipinski definition) is 4. The molecule has 0 bridgehead atoms. The Kier molecular flexibility index (Phi) is 8.61. The van der Waals surface area contributed by atoms with Gasteiger partial charge in [0.1, 0.15) is 17.4 Å². The van der Waals surface area contributed by atoms with Crippen molar-refractivity contribution in [1.29, 1.82) is 0 Å². The van der Waals surface area contributed by atoms with Crippen LogP contribution in [0, 0.1) is 11.6 Å². The highest BCUT2D eigenvalue weighted by atomic mass is 19.1. The molecule has 1 N–H and O–H groups in total. The second-order valence-corrected chi connectivity index (χ2v) is 7.36. The molecule has 1 aliphatic heterocycles. The lowest BCUT2D eigenvalue weighted by Crippen LogP contribution is -2.40. The molecule has 6 nitrogen and oxygen atoms in total. The Labute approximate surface area is 181 Å². The minimum atomic E-state index is -0.803. The van der Waals surface area contributed by atoms with Crippen LogP contribution in [-0.4, -0.2) is 61.8 Å². The third-order valence-corrected chi connectivity index (χ3v) is 5.07. The second-order valence-electron chi connectivity index (χ2n) is 7.36. The fourth-order valence-corrected chi connectivity index (χ4v) is 3.43. The maximum atomic E-state index is 14.0. The molecule has 2 aromatic rings. The van der Waals surface area contributed by atoms with Gasteiger partial charge in [0, 0.05) is 38.8 Å². The molecule has 0 radical (unpaired) electrons. The molecule has 1 heterocycles. The molecule has 31 heavy (non-hydrogen) atoms. The number of amides is 2. The highest BCUT2D eigenvalue weighted by Gasteiger charge is 2.17. The first kappa shape index (κ1) is 23.0. The van der Waals surface area contributed by atoms with Gasteiger partial charge in [0.15, 0.2) is 0 Å². The van der Waals surface area contributed by atoms with Gasteiger partial charge < -0.3 is 19.7 Å². The molecular weight excluding hydrogens is 404 g/mol. The van der Waals surface area contributed by atoms with Crippen molar-refractivity contribution < 1.29 is 23.0 Å². The van der Waals surface area contributed by atoms with Crippen LogP contribution in [0.4, 0.5) is 19.3 Å². The summed E-state index contributed by atoms with van der Waals surface area (Å²) in [5.74, 6) is -0.724. The molecule has 1 fully saturated rings. The number of ether oxygens (including phenoxy) is 2. The van der Waals surface area contributed by atoms with Crippen molar-refractivity contribution in [3.05, 3.63) is 59.7 Å². The van der Waals surface area contributed by atoms with Gasteiger partial charge in [-0.15, -0.1) is 0 Å². The molecule has 2 aromatic carbocycles. The minimum Gasteiger partial charge on any atom is -0.494 e. The molecular formula is C23H29F2N3O3. The van der Waals surface area contributed by atoms with Gasteiger partial charge in [-0.1, -0.05) is 12.1 Å². The number of nitrogens with one attached hydrogen (secondary N) is 1. The van der Waals surface area contributed by atoms with Crippen LogP contribution in [0.15, 0.2) is 42.5 Å². The van der Waals surface area contributed by atoms with Gasteiger partial charge in [0.25, 0.3) is 0 Å². The third kappa shape index (κ3) is 7.18. The molecule has 0 unspecified atom stereocenters. The first-order chi connectivity index (χ1) is 15.0. The molecule has 0 aromatic heterocycles. The Balaban J connectivity index is 1.65. The van der Waals surface area contributed by atoms with E-state index in [1.165, 1.54) is 6.07 Å². The fraction of sp³-hybridized carbons (Fsp3) is 0.435. The van der Waals surface area contributed by atoms with Crippen molar-refractivity contribution in [3.8, 4) is 5.75 Å². The summed E-state index contributed by atoms with van der Waals surface area (Å²) in [6, 6.07) is 10.2. The molecule has 0 aliphatic carbocycles. The standard InChI is InChI=1S/C23H29F2N3O3/c1-2-31-20-7-4-18(5-8-20)17-28(11-3-10-27-12-14-30-15-13-27)23(29)26-22-9-6-19(24)16-21(22)25/h4-9,16H,2-3,10-15,17H2,1H3,(H,26,29). The van der Waals surface area contributed by atoms with E-state index in [4.69, 9.17) is 9.47 Å². The van der Waals surface area contributed by atoms with Crippen LogP contribution in [-0.2, 0) is 11.3 Å². The van der Waals surface area contributed by atoms with Gasteiger partial charge in [-0.2, -0.15) is 0 Å². The number of anilines is 1. The van der Waals surface area contributed by atoms with Crippen LogP contribution in [0.25, 0.3) is 0 Å². The Bertz CT molecular complexity index is 842. The molecule has 0 spiro atoms. The minimum absolute atomic E-state index is 0.0451. The summed E-state index contributed by atoms with van der Waals surface area (Å²) in [6.45, 7) is 7.42. The second kappa shape index (κ2) is 11.6. The summed E-state index contributed by atoms with van der Waals surface area (Å²) in [6.07, 6.45) is 0.774. The number of benzene rings is 2. The fourth-order valence-electron chi connectivity index (χ4n) is 3.43. The van der Waals surface area contributed by atoms with E-state index < -0.39 is 17.7 Å². The van der Waals surface area contributed by atoms with E-state index in [1.807, 2.05) is 31.2 Å². The molecule has 1 aliphatic rings. The summed E-state index contributed by atoms with van der Waals surface area (Å²) >= 11 is 0. The first-order valence-corrected chi connectivity index (χ1v) is 10.6. The Hall–Kier alpha value is -2.71. The Morgan fingerprint density at radius 2 is 1.90 bits per heavy atom. The number of urea groups is 1. The van der Waals surface area contributed by atoms with Crippen molar-refractivity contribution in [2.24, 2.45) is 0 Å². The number of nitrogens with zero attached hydrogens (tertiary/aromatic N) is 2. The largest absolute Gasteiger partial charge is 0.494 e. The van der Waals surface area contributed by atoms with Gasteiger partial charge in [0.05, 0.1) is 25.5 Å². The molecule has 0 atom stereocenters. The quantitative estimate of drug-likeness (QED) is 0.647. The Morgan fingerprint density at radius 1 is 1.16 bits per heavy atom. The van der Waals surface area contributed by atoms with Crippen molar-refractivity contribution in [1.82, 2.24) is 9.80 Å². The van der Waals surface area contributed by atoms with Crippen molar-refractivity contribution in [3.63, 3.8) is 0 Å².